The van der Waals surface area contributed by atoms with E-state index in [1.807, 2.05) is 0 Å². The van der Waals surface area contributed by atoms with Crippen molar-refractivity contribution in [2.45, 2.75) is 0 Å². The van der Waals surface area contributed by atoms with Crippen molar-refractivity contribution in [1.82, 2.24) is 20.6 Å². The molecule has 0 aliphatic heterocycles. The van der Waals surface area contributed by atoms with Gasteiger partial charge in [-0.15, -0.1) is 5.10 Å². The van der Waals surface area contributed by atoms with Gasteiger partial charge in [-0.25, -0.2) is 5.84 Å². The third kappa shape index (κ3) is 3.12. The molecule has 1 aromatic heterocycles. The third-order valence-electron chi connectivity index (χ3n) is 0.932. The van der Waals surface area contributed by atoms with E-state index >= 15 is 0 Å². The Morgan fingerprint density at radius 2 is 2.45 bits per heavy atom. The Kier molecular flexibility index (Phi) is 5.34. The summed E-state index contributed by atoms with van der Waals surface area (Å²) in [5.41, 5.74) is 0. The van der Waals surface area contributed by atoms with Crippen LogP contribution in [0.3, 0.4) is 0 Å². The molecule has 0 aliphatic rings. The standard InChI is InChI=1S/C3H8N6O.Na.H/c4-9(1-2-10)3-5-7-8-6-3;;/h10H,1-2,4H2,(H,5,6,7,8);;/q;+1;-1. The minimum Gasteiger partial charge on any atom is -1.00 e. The van der Waals surface area contributed by atoms with Crippen LogP contribution in [0, 0.1) is 0 Å². The maximum absolute atomic E-state index is 8.43. The molecule has 0 amide bonds. The Hall–Kier alpha value is -0.210. The van der Waals surface area contributed by atoms with Gasteiger partial charge in [0.2, 0.25) is 0 Å². The third-order valence-corrected chi connectivity index (χ3v) is 0.932. The van der Waals surface area contributed by atoms with E-state index in [0.29, 0.717) is 6.54 Å². The quantitative estimate of drug-likeness (QED) is 0.237. The molecular weight excluding hydrogens is 159 g/mol. The molecule has 1 rings (SSSR count). The number of tetrazole rings is 1. The van der Waals surface area contributed by atoms with Crippen molar-refractivity contribution in [3.63, 3.8) is 0 Å². The van der Waals surface area contributed by atoms with Crippen LogP contribution in [0.2, 0.25) is 0 Å². The zero-order valence-electron chi connectivity index (χ0n) is 7.23. The normalized spacial score (nSPS) is 8.91. The van der Waals surface area contributed by atoms with Crippen LogP contribution in [-0.4, -0.2) is 38.9 Å². The molecule has 0 saturated heterocycles. The molecule has 1 heterocycles. The zero-order chi connectivity index (χ0) is 7.40. The van der Waals surface area contributed by atoms with Gasteiger partial charge in [0, 0.05) is 0 Å². The molecule has 0 aliphatic carbocycles. The van der Waals surface area contributed by atoms with Gasteiger partial charge in [0.25, 0.3) is 5.95 Å². The summed E-state index contributed by atoms with van der Waals surface area (Å²) in [5, 5.41) is 22.3. The summed E-state index contributed by atoms with van der Waals surface area (Å²) in [6.45, 7) is 0.255. The maximum Gasteiger partial charge on any atom is 1.00 e. The van der Waals surface area contributed by atoms with Crippen LogP contribution in [-0.2, 0) is 0 Å². The van der Waals surface area contributed by atoms with Crippen LogP contribution < -0.4 is 40.4 Å². The predicted octanol–water partition coefficient (Wildman–Crippen LogP) is -5.01. The van der Waals surface area contributed by atoms with E-state index in [1.165, 1.54) is 5.01 Å². The molecule has 0 bridgehead atoms. The molecule has 4 N–H and O–H groups in total. The number of hydrogen-bond acceptors (Lipinski definition) is 6. The van der Waals surface area contributed by atoms with Crippen molar-refractivity contribution in [2.75, 3.05) is 18.2 Å². The number of aliphatic hydroxyl groups is 1. The fourth-order valence-corrected chi connectivity index (χ4v) is 0.486. The first kappa shape index (κ1) is 10.8. The summed E-state index contributed by atoms with van der Waals surface area (Å²) in [5.74, 6) is 5.61. The molecule has 0 atom stereocenters. The first-order chi connectivity index (χ1) is 4.84. The average Bonchev–Trinajstić information content (AvgIpc) is 2.38. The van der Waals surface area contributed by atoms with Gasteiger partial charge in [0.05, 0.1) is 13.2 Å². The van der Waals surface area contributed by atoms with E-state index in [9.17, 15) is 0 Å². The van der Waals surface area contributed by atoms with Gasteiger partial charge in [0.15, 0.2) is 0 Å². The zero-order valence-corrected chi connectivity index (χ0v) is 8.23. The summed E-state index contributed by atoms with van der Waals surface area (Å²) >= 11 is 0. The Morgan fingerprint density at radius 1 is 1.73 bits per heavy atom. The van der Waals surface area contributed by atoms with Crippen LogP contribution in [0.25, 0.3) is 0 Å². The number of aliphatic hydroxyl groups excluding tert-OH is 1. The Labute approximate surface area is 86.7 Å². The molecule has 11 heavy (non-hydrogen) atoms. The van der Waals surface area contributed by atoms with Crippen molar-refractivity contribution in [1.29, 1.82) is 0 Å². The molecular formula is C3H9N6NaO. The van der Waals surface area contributed by atoms with Crippen molar-refractivity contribution in [2.24, 2.45) is 5.84 Å². The molecule has 0 saturated carbocycles. The number of nitrogens with two attached hydrogens (primary N) is 1. The van der Waals surface area contributed by atoms with Gasteiger partial charge in [-0.2, -0.15) is 5.21 Å². The summed E-state index contributed by atoms with van der Waals surface area (Å²) < 4.78 is 0. The van der Waals surface area contributed by atoms with Gasteiger partial charge in [-0.1, -0.05) is 5.10 Å². The second-order valence-electron chi connectivity index (χ2n) is 1.63. The molecule has 8 heteroatoms. The van der Waals surface area contributed by atoms with E-state index < -0.39 is 0 Å². The molecule has 1 aromatic rings. The number of hydrogen-bond donors (Lipinski definition) is 3. The Morgan fingerprint density at radius 3 is 2.91 bits per heavy atom. The first-order valence-electron chi connectivity index (χ1n) is 2.71. The number of nitrogens with zero attached hydrogens (tertiary/aromatic N) is 4. The summed E-state index contributed by atoms with van der Waals surface area (Å²) in [7, 11) is 0. The molecule has 0 radical (unpaired) electrons. The maximum atomic E-state index is 8.43. The van der Waals surface area contributed by atoms with Crippen molar-refractivity contribution >= 4 is 5.95 Å². The van der Waals surface area contributed by atoms with E-state index in [-0.39, 0.29) is 43.5 Å². The van der Waals surface area contributed by atoms with E-state index in [1.54, 1.807) is 0 Å². The monoisotopic (exact) mass is 168 g/mol. The van der Waals surface area contributed by atoms with Gasteiger partial charge in [-0.3, -0.25) is 5.01 Å². The summed E-state index contributed by atoms with van der Waals surface area (Å²) in [6, 6.07) is 0. The van der Waals surface area contributed by atoms with Gasteiger partial charge in [0.1, 0.15) is 0 Å². The van der Waals surface area contributed by atoms with Crippen LogP contribution in [0.15, 0.2) is 0 Å². The second kappa shape index (κ2) is 5.44. The van der Waals surface area contributed by atoms with Crippen molar-refractivity contribution in [3.8, 4) is 0 Å². The fourth-order valence-electron chi connectivity index (χ4n) is 0.486. The van der Waals surface area contributed by atoms with Gasteiger partial charge >= 0.3 is 29.6 Å². The van der Waals surface area contributed by atoms with Crippen LogP contribution in [0.4, 0.5) is 5.95 Å². The second-order valence-corrected chi connectivity index (χ2v) is 1.63. The SMILES string of the molecule is NN(CCO)c1nn[nH]n1.[H-].[Na+]. The van der Waals surface area contributed by atoms with Crippen LogP contribution in [0.1, 0.15) is 1.43 Å². The molecule has 0 aromatic carbocycles. The number of aromatic amines is 1. The minimum absolute atomic E-state index is 0. The number of nitrogens with one attached hydrogen (secondary N) is 1. The molecule has 0 fully saturated rings. The molecule has 0 spiro atoms. The summed E-state index contributed by atoms with van der Waals surface area (Å²) in [4.78, 5) is 0. The largest absolute Gasteiger partial charge is 1.00 e. The minimum atomic E-state index is -0.0367. The number of rotatable bonds is 3. The van der Waals surface area contributed by atoms with E-state index in [0.717, 1.165) is 0 Å². The van der Waals surface area contributed by atoms with Crippen LogP contribution >= 0.6 is 0 Å². The summed E-state index contributed by atoms with van der Waals surface area (Å²) in [6.07, 6.45) is 0. The number of H-pyrrole nitrogens is 1. The van der Waals surface area contributed by atoms with Crippen LogP contribution in [0.5, 0.6) is 0 Å². The van der Waals surface area contributed by atoms with Gasteiger partial charge < -0.3 is 6.53 Å². The number of hydrazine groups is 1. The molecule has 7 nitrogen and oxygen atoms in total. The Bertz CT molecular complexity index is 183. The number of anilines is 1. The van der Waals surface area contributed by atoms with E-state index in [2.05, 4.69) is 20.6 Å². The topological polar surface area (TPSA) is 104 Å². The number of aromatic nitrogens is 4. The van der Waals surface area contributed by atoms with Crippen molar-refractivity contribution in [3.05, 3.63) is 0 Å². The first-order valence-corrected chi connectivity index (χ1v) is 2.71. The van der Waals surface area contributed by atoms with Crippen molar-refractivity contribution < 1.29 is 36.1 Å². The molecule has 58 valence electrons. The van der Waals surface area contributed by atoms with E-state index in [4.69, 9.17) is 10.9 Å². The Balaban J connectivity index is 0. The van der Waals surface area contributed by atoms with Gasteiger partial charge in [-0.05, 0) is 5.21 Å². The fraction of sp³-hybridized carbons (Fsp3) is 0.667. The predicted molar refractivity (Wildman–Crippen MR) is 33.9 cm³/mol. The molecule has 0 unspecified atom stereocenters. The average molecular weight is 168 g/mol. The smallest absolute Gasteiger partial charge is 1.00 e.